The third-order valence-corrected chi connectivity index (χ3v) is 3.77. The van der Waals surface area contributed by atoms with Gasteiger partial charge in [0.1, 0.15) is 1.41 Å². The number of hydrogen-bond acceptors (Lipinski definition) is 3. The van der Waals surface area contributed by atoms with Crippen molar-refractivity contribution in [1.82, 2.24) is 14.6 Å². The molecule has 0 aliphatic carbocycles. The molecule has 0 aliphatic heterocycles. The molecule has 2 N–H and O–H groups in total. The number of rotatable bonds is 6. The smallest absolute Gasteiger partial charge is 0.215 e. The highest BCUT2D eigenvalue weighted by Crippen LogP contribution is 2.21. The number of fused-ring (bicyclic) bond motifs is 1. The maximum absolute atomic E-state index is 12.2. The molecule has 0 aliphatic rings. The summed E-state index contributed by atoms with van der Waals surface area (Å²) in [5.74, 6) is 0. The van der Waals surface area contributed by atoms with Gasteiger partial charge < -0.3 is 9.88 Å². The van der Waals surface area contributed by atoms with Crippen LogP contribution in [0.4, 0.5) is 0 Å². The molecule has 1 heterocycles. The minimum absolute atomic E-state index is 0.0261. The van der Waals surface area contributed by atoms with Gasteiger partial charge in [-0.25, -0.2) is 13.1 Å². The van der Waals surface area contributed by atoms with E-state index in [0.717, 1.165) is 12.0 Å². The van der Waals surface area contributed by atoms with E-state index in [1.807, 2.05) is 0 Å². The average Bonchev–Trinajstić information content (AvgIpc) is 2.88. The molecule has 110 valence electrons. The van der Waals surface area contributed by atoms with Crippen LogP contribution in [0.1, 0.15) is 22.1 Å². The van der Waals surface area contributed by atoms with E-state index in [0.29, 0.717) is 16.0 Å². The lowest BCUT2D eigenvalue weighted by Gasteiger charge is -2.08. The van der Waals surface area contributed by atoms with E-state index in [1.165, 1.54) is 24.4 Å². The number of hydrogen-bond donors (Lipinski definition) is 2. The molecular formula is C14H21N3O2S. The molecule has 0 fully saturated rings. The normalized spacial score (nSPS) is 21.9. The van der Waals surface area contributed by atoms with Crippen LogP contribution in [0, 0.1) is 0 Å². The number of nitrogens with zero attached hydrogens (tertiary/aromatic N) is 1. The molecule has 0 amide bonds. The van der Waals surface area contributed by atoms with Crippen LogP contribution in [0.5, 0.6) is 0 Å². The molecule has 1 aromatic carbocycles. The molecule has 0 saturated heterocycles. The number of nitrogens with one attached hydrogen (secondary N) is 2. The van der Waals surface area contributed by atoms with Crippen molar-refractivity contribution in [2.75, 3.05) is 27.5 Å². The highest BCUT2D eigenvalue weighted by Gasteiger charge is 2.11. The zero-order valence-electron chi connectivity index (χ0n) is 20.8. The van der Waals surface area contributed by atoms with Crippen LogP contribution in [0.25, 0.3) is 10.9 Å². The summed E-state index contributed by atoms with van der Waals surface area (Å²) < 4.78 is 100. The molecule has 0 spiro atoms. The highest BCUT2D eigenvalue weighted by molar-refractivity contribution is 7.88. The van der Waals surface area contributed by atoms with Gasteiger partial charge in [0.2, 0.25) is 10.0 Å². The second-order valence-corrected chi connectivity index (χ2v) is 5.70. The van der Waals surface area contributed by atoms with Gasteiger partial charge in [-0.1, -0.05) is 6.07 Å². The van der Waals surface area contributed by atoms with Gasteiger partial charge in [0, 0.05) is 34.6 Å². The first-order valence-corrected chi connectivity index (χ1v) is 7.23. The van der Waals surface area contributed by atoms with Crippen molar-refractivity contribution >= 4 is 20.9 Å². The maximum atomic E-state index is 12.2. The van der Waals surface area contributed by atoms with E-state index in [-0.39, 0.29) is 22.1 Å². The van der Waals surface area contributed by atoms with Crippen molar-refractivity contribution in [2.45, 2.75) is 12.1 Å². The summed E-state index contributed by atoms with van der Waals surface area (Å²) in [6.45, 7) is -6.14. The van der Waals surface area contributed by atoms with E-state index in [2.05, 4.69) is 0 Å². The summed E-state index contributed by atoms with van der Waals surface area (Å²) >= 11 is 0. The average molecular weight is 305 g/mol. The SMILES string of the molecule is [2H]N(C)S(=O)(=O)C([2H])([2H])c1ccc2c(c1)c(CCN(C([2H])([2H])[2H])C([2H])([2H])[2H])cn2[2H]. The highest BCUT2D eigenvalue weighted by atomic mass is 32.2. The molecule has 5 nitrogen and oxygen atoms in total. The van der Waals surface area contributed by atoms with Gasteiger partial charge in [-0.2, -0.15) is 0 Å². The second kappa shape index (κ2) is 5.95. The standard InChI is InChI=1S/C14H21N3O2S/c1-15-20(18,19)10-11-4-5-14-13(8-11)12(9-16-14)6-7-17(2)3/h4-5,8-9,15-16H,6-7,10H2,1-3H3/i2D3,3D3,10D2/hD2. The molecule has 0 saturated carbocycles. The van der Waals surface area contributed by atoms with Crippen LogP contribution in [-0.4, -0.2) is 45.8 Å². The summed E-state index contributed by atoms with van der Waals surface area (Å²) in [6.07, 6.45) is 1.24. The van der Waals surface area contributed by atoms with E-state index < -0.39 is 36.2 Å². The maximum Gasteiger partial charge on any atom is 0.215 e. The summed E-state index contributed by atoms with van der Waals surface area (Å²) in [5, 5.41) is 0.283. The van der Waals surface area contributed by atoms with Crippen LogP contribution in [0.2, 0.25) is 2.82 Å². The summed E-state index contributed by atoms with van der Waals surface area (Å²) in [5.41, 5.74) is -2.55. The van der Waals surface area contributed by atoms with Crippen molar-refractivity contribution in [3.63, 3.8) is 0 Å². The Morgan fingerprint density at radius 1 is 1.55 bits per heavy atom. The molecule has 6 heteroatoms. The fourth-order valence-electron chi connectivity index (χ4n) is 1.81. The van der Waals surface area contributed by atoms with Gasteiger partial charge in [0.05, 0.1) is 5.70 Å². The number of aromatic amines is 1. The molecule has 0 radical (unpaired) electrons. The Labute approximate surface area is 134 Å². The van der Waals surface area contributed by atoms with Gasteiger partial charge in [0.15, 0.2) is 1.41 Å². The van der Waals surface area contributed by atoms with Crippen molar-refractivity contribution in [1.29, 1.82) is 0 Å². The zero-order valence-corrected chi connectivity index (χ0v) is 11.6. The predicted octanol–water partition coefficient (Wildman–Crippen LogP) is 1.32. The Morgan fingerprint density at radius 2 is 2.35 bits per heavy atom. The minimum atomic E-state index is -4.65. The van der Waals surface area contributed by atoms with Gasteiger partial charge in [-0.05, 0) is 50.7 Å². The fourth-order valence-corrected chi connectivity index (χ4v) is 2.33. The van der Waals surface area contributed by atoms with Crippen LogP contribution in [0.3, 0.4) is 0 Å². The summed E-state index contributed by atoms with van der Waals surface area (Å²) in [7, 11) is -3.76. The molecule has 2 aromatic rings. The van der Waals surface area contributed by atoms with Gasteiger partial charge >= 0.3 is 0 Å². The topological polar surface area (TPSA) is 65.2 Å². The van der Waals surface area contributed by atoms with Crippen LogP contribution < -0.4 is 4.72 Å². The Balaban J connectivity index is 2.50. The van der Waals surface area contributed by atoms with Crippen molar-refractivity contribution in [2.24, 2.45) is 0 Å². The van der Waals surface area contributed by atoms with Gasteiger partial charge in [-0.15, -0.1) is 0 Å². The fraction of sp³-hybridized carbons (Fsp3) is 0.429. The first kappa shape index (κ1) is 6.60. The molecule has 0 bridgehead atoms. The number of sulfonamides is 1. The molecule has 2 rings (SSSR count). The predicted molar refractivity (Wildman–Crippen MR) is 82.2 cm³/mol. The van der Waals surface area contributed by atoms with Crippen molar-refractivity contribution < 1.29 is 22.2 Å². The van der Waals surface area contributed by atoms with E-state index in [1.54, 1.807) is 0 Å². The lowest BCUT2D eigenvalue weighted by molar-refractivity contribution is 0.414. The largest absolute Gasteiger partial charge is 0.361 e. The minimum Gasteiger partial charge on any atom is -0.361 e. The molecule has 0 atom stereocenters. The molecule has 0 unspecified atom stereocenters. The van der Waals surface area contributed by atoms with Crippen LogP contribution >= 0.6 is 0 Å². The Bertz CT molecular complexity index is 1010. The lowest BCUT2D eigenvalue weighted by atomic mass is 10.1. The second-order valence-electron chi connectivity index (χ2n) is 4.18. The Morgan fingerprint density at radius 3 is 3.05 bits per heavy atom. The van der Waals surface area contributed by atoms with Crippen LogP contribution in [-0.2, 0) is 22.1 Å². The van der Waals surface area contributed by atoms with Crippen molar-refractivity contribution in [3.8, 4) is 0 Å². The van der Waals surface area contributed by atoms with E-state index >= 15 is 0 Å². The molecule has 20 heavy (non-hydrogen) atoms. The lowest BCUT2D eigenvalue weighted by Crippen LogP contribution is -2.20. The van der Waals surface area contributed by atoms with Gasteiger partial charge in [-0.3, -0.25) is 0 Å². The number of likely N-dealkylation sites (N-methyl/N-ethyl adjacent to an activating group) is 1. The monoisotopic (exact) mass is 305 g/mol. The van der Waals surface area contributed by atoms with Gasteiger partial charge in [0.25, 0.3) is 0 Å². The third kappa shape index (κ3) is 3.59. The molecular weight excluding hydrogens is 274 g/mol. The number of H-pyrrole nitrogens is 1. The number of benzene rings is 1. The Kier molecular flexibility index (Phi) is 1.96. The quantitative estimate of drug-likeness (QED) is 0.846. The third-order valence-electron chi connectivity index (χ3n) is 2.79. The summed E-state index contributed by atoms with van der Waals surface area (Å²) in [6, 6.07) is 3.74. The van der Waals surface area contributed by atoms with E-state index in [4.69, 9.17) is 13.8 Å². The number of aromatic nitrogens is 1. The van der Waals surface area contributed by atoms with Crippen LogP contribution in [0.15, 0.2) is 24.4 Å². The van der Waals surface area contributed by atoms with E-state index in [9.17, 15) is 8.42 Å². The Hall–Kier alpha value is -1.37. The first-order valence-electron chi connectivity index (χ1n) is 10.7. The summed E-state index contributed by atoms with van der Waals surface area (Å²) in [4.78, 5) is 1.32. The molecule has 1 aromatic heterocycles. The zero-order chi connectivity index (χ0) is 23.3. The first-order chi connectivity index (χ1) is 13.4. The van der Waals surface area contributed by atoms with Crippen molar-refractivity contribution in [3.05, 3.63) is 35.5 Å².